The molecular weight excluding hydrogens is 309 g/mol. The number of hydrogen-bond donors (Lipinski definition) is 1. The summed E-state index contributed by atoms with van der Waals surface area (Å²) in [4.78, 5) is 15.2. The fourth-order valence-corrected chi connectivity index (χ4v) is 2.44. The standard InChI is InChI=1S/C13H12ClF3N2O2/c1-3-11-18-9-4-7(13(15,16)17)8(14)5-10(9)19(11)6(2)12(20)21/h4-6H,3H2,1-2H3,(H,20,21). The first-order chi connectivity index (χ1) is 9.66. The number of fused-ring (bicyclic) bond motifs is 1. The third-order valence-electron chi connectivity index (χ3n) is 3.22. The van der Waals surface area contributed by atoms with Gasteiger partial charge < -0.3 is 9.67 Å². The molecule has 0 fully saturated rings. The molecule has 21 heavy (non-hydrogen) atoms. The molecule has 2 rings (SSSR count). The molecule has 0 amide bonds. The highest BCUT2D eigenvalue weighted by atomic mass is 35.5. The maximum atomic E-state index is 12.8. The number of aliphatic carboxylic acids is 1. The Morgan fingerprint density at radius 1 is 1.48 bits per heavy atom. The number of aryl methyl sites for hydroxylation is 1. The topological polar surface area (TPSA) is 55.1 Å². The van der Waals surface area contributed by atoms with Crippen molar-refractivity contribution in [1.29, 1.82) is 0 Å². The van der Waals surface area contributed by atoms with Crippen molar-refractivity contribution in [2.45, 2.75) is 32.5 Å². The smallest absolute Gasteiger partial charge is 0.417 e. The lowest BCUT2D eigenvalue weighted by atomic mass is 10.2. The van der Waals surface area contributed by atoms with Crippen molar-refractivity contribution in [3.05, 3.63) is 28.5 Å². The molecule has 1 atom stereocenters. The van der Waals surface area contributed by atoms with E-state index in [1.807, 2.05) is 0 Å². The molecule has 0 saturated carbocycles. The summed E-state index contributed by atoms with van der Waals surface area (Å²) in [6.07, 6.45) is -4.19. The summed E-state index contributed by atoms with van der Waals surface area (Å²) >= 11 is 5.69. The molecule has 8 heteroatoms. The molecule has 1 N–H and O–H groups in total. The number of carboxylic acids is 1. The molecule has 0 spiro atoms. The Kier molecular flexibility index (Phi) is 3.88. The Bertz CT molecular complexity index is 709. The SMILES string of the molecule is CCc1nc2cc(C(F)(F)F)c(Cl)cc2n1C(C)C(=O)O. The summed E-state index contributed by atoms with van der Waals surface area (Å²) in [5, 5.41) is 8.65. The first-order valence-electron chi connectivity index (χ1n) is 6.17. The van der Waals surface area contributed by atoms with Crippen LogP contribution >= 0.6 is 11.6 Å². The first-order valence-corrected chi connectivity index (χ1v) is 6.55. The summed E-state index contributed by atoms with van der Waals surface area (Å²) < 4.78 is 39.9. The number of imidazole rings is 1. The van der Waals surface area contributed by atoms with Crippen molar-refractivity contribution in [2.24, 2.45) is 0 Å². The zero-order chi connectivity index (χ0) is 15.9. The number of rotatable bonds is 3. The van der Waals surface area contributed by atoms with Crippen LogP contribution in [0.5, 0.6) is 0 Å². The molecule has 1 aromatic heterocycles. The van der Waals surface area contributed by atoms with Crippen LogP contribution in [0.25, 0.3) is 11.0 Å². The van der Waals surface area contributed by atoms with E-state index in [1.165, 1.54) is 11.5 Å². The van der Waals surface area contributed by atoms with Crippen molar-refractivity contribution < 1.29 is 23.1 Å². The Labute approximate surface area is 123 Å². The quantitative estimate of drug-likeness (QED) is 0.932. The third-order valence-corrected chi connectivity index (χ3v) is 3.53. The molecule has 4 nitrogen and oxygen atoms in total. The van der Waals surface area contributed by atoms with E-state index < -0.39 is 28.8 Å². The zero-order valence-corrected chi connectivity index (χ0v) is 12.0. The second kappa shape index (κ2) is 5.22. The summed E-state index contributed by atoms with van der Waals surface area (Å²) in [5.74, 6) is -0.699. The van der Waals surface area contributed by atoms with E-state index in [2.05, 4.69) is 4.98 Å². The van der Waals surface area contributed by atoms with Gasteiger partial charge in [-0.15, -0.1) is 0 Å². The van der Waals surface area contributed by atoms with Gasteiger partial charge in [0.05, 0.1) is 21.6 Å². The normalized spacial score (nSPS) is 13.6. The van der Waals surface area contributed by atoms with Crippen LogP contribution in [-0.2, 0) is 17.4 Å². The van der Waals surface area contributed by atoms with Gasteiger partial charge in [0.15, 0.2) is 0 Å². The number of nitrogens with zero attached hydrogens (tertiary/aromatic N) is 2. The van der Waals surface area contributed by atoms with Gasteiger partial charge in [-0.1, -0.05) is 18.5 Å². The van der Waals surface area contributed by atoms with E-state index in [0.717, 1.165) is 12.1 Å². The maximum absolute atomic E-state index is 12.8. The van der Waals surface area contributed by atoms with Crippen molar-refractivity contribution in [1.82, 2.24) is 9.55 Å². The van der Waals surface area contributed by atoms with Gasteiger partial charge >= 0.3 is 12.1 Å². The lowest BCUT2D eigenvalue weighted by Crippen LogP contribution is -2.17. The Morgan fingerprint density at radius 2 is 2.10 bits per heavy atom. The van der Waals surface area contributed by atoms with Crippen molar-refractivity contribution in [3.63, 3.8) is 0 Å². The highest BCUT2D eigenvalue weighted by Crippen LogP contribution is 2.37. The number of aromatic nitrogens is 2. The largest absolute Gasteiger partial charge is 0.480 e. The Balaban J connectivity index is 2.76. The maximum Gasteiger partial charge on any atom is 0.417 e. The van der Waals surface area contributed by atoms with Crippen LogP contribution < -0.4 is 0 Å². The van der Waals surface area contributed by atoms with E-state index in [9.17, 15) is 18.0 Å². The summed E-state index contributed by atoms with van der Waals surface area (Å²) in [6.45, 7) is 3.19. The van der Waals surface area contributed by atoms with E-state index in [0.29, 0.717) is 12.2 Å². The molecule has 0 aliphatic heterocycles. The van der Waals surface area contributed by atoms with Crippen LogP contribution in [0.4, 0.5) is 13.2 Å². The van der Waals surface area contributed by atoms with Crippen LogP contribution in [0.1, 0.15) is 31.3 Å². The van der Waals surface area contributed by atoms with Crippen LogP contribution in [0.2, 0.25) is 5.02 Å². The lowest BCUT2D eigenvalue weighted by Gasteiger charge is -2.14. The Morgan fingerprint density at radius 3 is 2.57 bits per heavy atom. The van der Waals surface area contributed by atoms with E-state index in [-0.39, 0.29) is 11.0 Å². The van der Waals surface area contributed by atoms with E-state index in [1.54, 1.807) is 6.92 Å². The van der Waals surface area contributed by atoms with Crippen LogP contribution in [0.15, 0.2) is 12.1 Å². The van der Waals surface area contributed by atoms with E-state index in [4.69, 9.17) is 16.7 Å². The molecule has 0 aliphatic carbocycles. The van der Waals surface area contributed by atoms with Crippen LogP contribution in [0, 0.1) is 0 Å². The third kappa shape index (κ3) is 2.70. The molecule has 0 aliphatic rings. The number of alkyl halides is 3. The highest BCUT2D eigenvalue weighted by molar-refractivity contribution is 6.32. The van der Waals surface area contributed by atoms with Crippen molar-refractivity contribution in [2.75, 3.05) is 0 Å². The highest BCUT2D eigenvalue weighted by Gasteiger charge is 2.34. The lowest BCUT2D eigenvalue weighted by molar-refractivity contribution is -0.140. The number of hydrogen-bond acceptors (Lipinski definition) is 2. The molecule has 1 aromatic carbocycles. The van der Waals surface area contributed by atoms with Crippen LogP contribution in [0.3, 0.4) is 0 Å². The summed E-state index contributed by atoms with van der Waals surface area (Å²) in [5.41, 5.74) is -0.622. The second-order valence-electron chi connectivity index (χ2n) is 4.58. The number of benzene rings is 1. The average molecular weight is 321 g/mol. The van der Waals surface area contributed by atoms with Gasteiger partial charge in [0, 0.05) is 6.42 Å². The number of halogens is 4. The molecular formula is C13H12ClF3N2O2. The van der Waals surface area contributed by atoms with Crippen molar-refractivity contribution >= 4 is 28.6 Å². The number of carbonyl (C=O) groups is 1. The fourth-order valence-electron chi connectivity index (χ4n) is 2.18. The summed E-state index contributed by atoms with van der Waals surface area (Å²) in [6, 6.07) is 1.02. The van der Waals surface area contributed by atoms with Gasteiger partial charge in [-0.05, 0) is 19.1 Å². The second-order valence-corrected chi connectivity index (χ2v) is 4.99. The molecule has 0 saturated heterocycles. The predicted octanol–water partition coefficient (Wildman–Crippen LogP) is 3.92. The van der Waals surface area contributed by atoms with Gasteiger partial charge in [0.1, 0.15) is 11.9 Å². The van der Waals surface area contributed by atoms with E-state index >= 15 is 0 Å². The minimum absolute atomic E-state index is 0.0803. The van der Waals surface area contributed by atoms with Crippen molar-refractivity contribution in [3.8, 4) is 0 Å². The fraction of sp³-hybridized carbons (Fsp3) is 0.385. The van der Waals surface area contributed by atoms with Crippen LogP contribution in [-0.4, -0.2) is 20.6 Å². The molecule has 0 radical (unpaired) electrons. The molecule has 2 aromatic rings. The summed E-state index contributed by atoms with van der Waals surface area (Å²) in [7, 11) is 0. The number of carboxylic acid groups (broad SMARTS) is 1. The predicted molar refractivity (Wildman–Crippen MR) is 71.5 cm³/mol. The monoisotopic (exact) mass is 320 g/mol. The van der Waals surface area contributed by atoms with Gasteiger partial charge in [0.25, 0.3) is 0 Å². The van der Waals surface area contributed by atoms with Gasteiger partial charge in [-0.2, -0.15) is 13.2 Å². The molecule has 1 heterocycles. The van der Waals surface area contributed by atoms with Gasteiger partial charge in [-0.3, -0.25) is 0 Å². The minimum Gasteiger partial charge on any atom is -0.480 e. The molecule has 0 bridgehead atoms. The first kappa shape index (κ1) is 15.6. The minimum atomic E-state index is -4.58. The zero-order valence-electron chi connectivity index (χ0n) is 11.2. The molecule has 1 unspecified atom stereocenters. The average Bonchev–Trinajstić information content (AvgIpc) is 2.72. The van der Waals surface area contributed by atoms with Gasteiger partial charge in [0.2, 0.25) is 0 Å². The molecule has 114 valence electrons. The Hall–Kier alpha value is -1.76. The van der Waals surface area contributed by atoms with Gasteiger partial charge in [-0.25, -0.2) is 9.78 Å².